The minimum atomic E-state index is -0.164. The van der Waals surface area contributed by atoms with Gasteiger partial charge in [-0.25, -0.2) is 14.6 Å². The maximum atomic E-state index is 6.79. The van der Waals surface area contributed by atoms with Crippen molar-refractivity contribution >= 4 is 85.0 Å². The molecule has 4 heterocycles. The lowest BCUT2D eigenvalue weighted by Gasteiger charge is -2.72. The molecule has 1 aromatic carbocycles. The van der Waals surface area contributed by atoms with Crippen molar-refractivity contribution in [2.24, 2.45) is 0 Å². The second-order valence-electron chi connectivity index (χ2n) is 11.7. The van der Waals surface area contributed by atoms with Crippen molar-refractivity contribution in [2.45, 2.75) is 53.9 Å². The summed E-state index contributed by atoms with van der Waals surface area (Å²) < 4.78 is 8.11. The standard InChI is InChI=1S/C22H29B5Cl2N6O/c23-20(21(24,25)36-22(20,26)27)34-5-3-11(4-6-34)14-8-16-12(7-15(14)28)9-30-19(32-16)33-17-10-31-35(18(17)29)13-1-2-13/h7-11,13H,1-6,23-27H2,(H,30,32,33). The summed E-state index contributed by atoms with van der Waals surface area (Å²) in [6.07, 6.45) is 7.91. The molecular weight excluding hydrogens is 489 g/mol. The molecule has 2 aromatic heterocycles. The number of ether oxygens (including phenoxy) is 1. The van der Waals surface area contributed by atoms with Crippen molar-refractivity contribution in [2.75, 3.05) is 18.4 Å². The van der Waals surface area contributed by atoms with Gasteiger partial charge in [-0.3, -0.25) is 0 Å². The van der Waals surface area contributed by atoms with Crippen LogP contribution in [0.1, 0.15) is 43.2 Å². The van der Waals surface area contributed by atoms with Gasteiger partial charge >= 0.3 is 0 Å². The normalized spacial score (nSPS) is 23.4. The Bertz CT molecular complexity index is 1330. The van der Waals surface area contributed by atoms with Gasteiger partial charge in [0.25, 0.3) is 0 Å². The van der Waals surface area contributed by atoms with E-state index in [4.69, 9.17) is 32.9 Å². The fourth-order valence-electron chi connectivity index (χ4n) is 6.48. The Labute approximate surface area is 226 Å². The quantitative estimate of drug-likeness (QED) is 0.464. The highest BCUT2D eigenvalue weighted by molar-refractivity contribution is 6.54. The first-order valence-corrected chi connectivity index (χ1v) is 13.7. The molecule has 2 aliphatic heterocycles. The number of aromatic nitrogens is 4. The number of fused-ring (bicyclic) bond motifs is 1. The van der Waals surface area contributed by atoms with E-state index in [0.29, 0.717) is 23.1 Å². The summed E-state index contributed by atoms with van der Waals surface area (Å²) >= 11 is 13.3. The van der Waals surface area contributed by atoms with E-state index >= 15 is 0 Å². The molecule has 1 saturated carbocycles. The summed E-state index contributed by atoms with van der Waals surface area (Å²) in [5.74, 6) is 0.900. The fourth-order valence-corrected chi connectivity index (χ4v) is 7.08. The topological polar surface area (TPSA) is 68.1 Å². The monoisotopic (exact) mass is 518 g/mol. The Kier molecular flexibility index (Phi) is 5.80. The number of hydrogen-bond donors (Lipinski definition) is 1. The molecule has 0 unspecified atom stereocenters. The molecule has 0 spiro atoms. The SMILES string of the molecule is BC1(B)OC(B)(B)C1(B)N1CCC(c2cc3nc(Nc4cnn(C5CC5)c4Cl)ncc3cc2Cl)CC1. The first-order valence-electron chi connectivity index (χ1n) is 12.9. The molecule has 0 atom stereocenters. The van der Waals surface area contributed by atoms with E-state index in [1.807, 2.05) is 16.9 Å². The molecule has 3 aliphatic rings. The van der Waals surface area contributed by atoms with Crippen molar-refractivity contribution in [1.29, 1.82) is 0 Å². The maximum absolute atomic E-state index is 6.79. The van der Waals surface area contributed by atoms with Crippen molar-refractivity contribution in [3.63, 3.8) is 0 Å². The number of nitrogens with zero attached hydrogens (tertiary/aromatic N) is 5. The summed E-state index contributed by atoms with van der Waals surface area (Å²) in [5.41, 5.74) is 2.77. The minimum Gasteiger partial charge on any atom is -0.402 e. The molecule has 3 aromatic rings. The van der Waals surface area contributed by atoms with Crippen LogP contribution in [0.5, 0.6) is 0 Å². The number of anilines is 2. The van der Waals surface area contributed by atoms with Crippen molar-refractivity contribution < 1.29 is 4.74 Å². The van der Waals surface area contributed by atoms with Crippen LogP contribution in [0.25, 0.3) is 10.9 Å². The van der Waals surface area contributed by atoms with Crippen LogP contribution in [0.15, 0.2) is 24.5 Å². The molecule has 14 heteroatoms. The van der Waals surface area contributed by atoms with Gasteiger partial charge in [-0.1, -0.05) is 23.2 Å². The lowest BCUT2D eigenvalue weighted by molar-refractivity contribution is -0.196. The molecule has 0 amide bonds. The zero-order valence-corrected chi connectivity index (χ0v) is 23.1. The van der Waals surface area contributed by atoms with Gasteiger partial charge in [0.05, 0.1) is 23.4 Å². The van der Waals surface area contributed by atoms with Crippen LogP contribution in [-0.2, 0) is 4.74 Å². The van der Waals surface area contributed by atoms with Gasteiger partial charge in [0.1, 0.15) is 39.2 Å². The van der Waals surface area contributed by atoms with Gasteiger partial charge in [-0.05, 0) is 62.4 Å². The van der Waals surface area contributed by atoms with Crippen LogP contribution in [-0.4, -0.2) is 93.2 Å². The zero-order chi connectivity index (χ0) is 25.5. The van der Waals surface area contributed by atoms with E-state index in [2.05, 4.69) is 65.6 Å². The molecule has 1 aliphatic carbocycles. The Morgan fingerprint density at radius 3 is 2.31 bits per heavy atom. The number of likely N-dealkylation sites (tertiary alicyclic amines) is 1. The van der Waals surface area contributed by atoms with E-state index < -0.39 is 0 Å². The predicted molar refractivity (Wildman–Crippen MR) is 159 cm³/mol. The fraction of sp³-hybridized carbons (Fsp3) is 0.500. The van der Waals surface area contributed by atoms with Crippen molar-refractivity contribution in [3.05, 3.63) is 40.3 Å². The van der Waals surface area contributed by atoms with Gasteiger partial charge in [-0.15, -0.1) is 0 Å². The molecule has 182 valence electrons. The molecule has 2 saturated heterocycles. The minimum absolute atomic E-state index is 0.000528. The Balaban J connectivity index is 1.21. The second kappa shape index (κ2) is 8.45. The summed E-state index contributed by atoms with van der Waals surface area (Å²) in [4.78, 5) is 11.9. The van der Waals surface area contributed by atoms with E-state index in [1.165, 1.54) is 5.56 Å². The summed E-state index contributed by atoms with van der Waals surface area (Å²) in [6.45, 7) is 2.04. The van der Waals surface area contributed by atoms with Crippen molar-refractivity contribution in [1.82, 2.24) is 24.6 Å². The highest BCUT2D eigenvalue weighted by atomic mass is 35.5. The third-order valence-electron chi connectivity index (χ3n) is 8.99. The highest BCUT2D eigenvalue weighted by Gasteiger charge is 2.65. The number of hydrogen-bond acceptors (Lipinski definition) is 6. The van der Waals surface area contributed by atoms with E-state index in [-0.39, 0.29) is 16.2 Å². The van der Waals surface area contributed by atoms with Crippen molar-refractivity contribution in [3.8, 4) is 0 Å². The Morgan fingerprint density at radius 2 is 1.67 bits per heavy atom. The molecule has 7 nitrogen and oxygen atoms in total. The van der Waals surface area contributed by atoms with E-state index in [1.54, 1.807) is 6.20 Å². The molecule has 3 fully saturated rings. The molecule has 0 bridgehead atoms. The second-order valence-corrected chi connectivity index (χ2v) is 12.5. The molecule has 0 radical (unpaired) electrons. The van der Waals surface area contributed by atoms with Gasteiger partial charge in [0.15, 0.2) is 5.15 Å². The van der Waals surface area contributed by atoms with Gasteiger partial charge in [-0.2, -0.15) is 5.10 Å². The lowest BCUT2D eigenvalue weighted by atomic mass is 9.29. The maximum Gasteiger partial charge on any atom is 0.227 e. The average Bonchev–Trinajstić information content (AvgIpc) is 3.61. The Hall–Kier alpha value is -1.61. The summed E-state index contributed by atoms with van der Waals surface area (Å²) in [5, 5.41) is 9.64. The van der Waals surface area contributed by atoms with Crippen LogP contribution in [0.4, 0.5) is 11.6 Å². The van der Waals surface area contributed by atoms with Crippen LogP contribution in [0, 0.1) is 0 Å². The number of piperidine rings is 1. The smallest absolute Gasteiger partial charge is 0.227 e. The highest BCUT2D eigenvalue weighted by Crippen LogP contribution is 2.48. The number of rotatable bonds is 5. The average molecular weight is 518 g/mol. The van der Waals surface area contributed by atoms with Crippen LogP contribution in [0.3, 0.4) is 0 Å². The molecule has 1 N–H and O–H groups in total. The zero-order valence-electron chi connectivity index (χ0n) is 21.6. The van der Waals surface area contributed by atoms with Crippen LogP contribution in [0.2, 0.25) is 10.2 Å². The van der Waals surface area contributed by atoms with Gasteiger partial charge < -0.3 is 15.0 Å². The lowest BCUT2D eigenvalue weighted by Crippen LogP contribution is -2.89. The van der Waals surface area contributed by atoms with E-state index in [0.717, 1.165) is 60.4 Å². The van der Waals surface area contributed by atoms with Gasteiger partial charge in [0, 0.05) is 32.8 Å². The number of halogens is 2. The van der Waals surface area contributed by atoms with Gasteiger partial charge in [0.2, 0.25) is 5.95 Å². The van der Waals surface area contributed by atoms with Crippen LogP contribution >= 0.6 is 23.2 Å². The number of benzene rings is 1. The Morgan fingerprint density at radius 1 is 0.972 bits per heavy atom. The predicted octanol–water partition coefficient (Wildman–Crippen LogP) is -0.409. The first-order chi connectivity index (χ1) is 17.0. The third kappa shape index (κ3) is 3.82. The first kappa shape index (κ1) is 24.7. The largest absolute Gasteiger partial charge is 0.402 e. The molecular formula is C22H29B5Cl2N6O. The van der Waals surface area contributed by atoms with E-state index in [9.17, 15) is 0 Å². The number of nitrogens with one attached hydrogen (secondary N) is 1. The summed E-state index contributed by atoms with van der Waals surface area (Å²) in [7, 11) is 11.2. The molecule has 6 rings (SSSR count). The third-order valence-corrected chi connectivity index (χ3v) is 9.70. The van der Waals surface area contributed by atoms with Crippen LogP contribution < -0.4 is 5.32 Å². The summed E-state index contributed by atoms with van der Waals surface area (Å²) in [6, 6.07) is 4.55. The molecule has 36 heavy (non-hydrogen) atoms.